The number of nitrogen functional groups attached to an aromatic ring is 1. The lowest BCUT2D eigenvalue weighted by Gasteiger charge is -2.30. The number of benzene rings is 2. The fraction of sp³-hybridized carbons (Fsp3) is 0.448. The normalized spacial score (nSPS) is 14.9. The zero-order valence-corrected chi connectivity index (χ0v) is 26.3. The standard InChI is InChI=1S/C29H39F3N8O3S/c1-38(2)14-15-39(3)25-9-7-21(17-23(25)33)35-27-22(29(30,31)32)18-34-28(37-27)36-24-8-6-20(16-26(24)43-4)19-10-12-40(13-11-19)44(5,41)42/h6-9,16-19H,10-15,33H2,1-5H3,(H2,34,35,36,37). The van der Waals surface area contributed by atoms with Crippen LogP contribution in [0.5, 0.6) is 5.75 Å². The number of sulfonamides is 1. The highest BCUT2D eigenvalue weighted by Gasteiger charge is 2.35. The van der Waals surface area contributed by atoms with Gasteiger partial charge in [0.25, 0.3) is 0 Å². The number of nitrogens with one attached hydrogen (secondary N) is 2. The van der Waals surface area contributed by atoms with Crippen molar-refractivity contribution in [3.63, 3.8) is 0 Å². The molecule has 1 aromatic heterocycles. The number of nitrogens with two attached hydrogens (primary N) is 1. The first-order valence-electron chi connectivity index (χ1n) is 14.0. The van der Waals surface area contributed by atoms with Crippen molar-refractivity contribution in [2.45, 2.75) is 24.9 Å². The monoisotopic (exact) mass is 636 g/mol. The number of rotatable bonds is 11. The van der Waals surface area contributed by atoms with Gasteiger partial charge < -0.3 is 30.9 Å². The van der Waals surface area contributed by atoms with Crippen LogP contribution in [0.1, 0.15) is 29.9 Å². The molecule has 0 unspecified atom stereocenters. The molecule has 240 valence electrons. The Morgan fingerprint density at radius 2 is 1.77 bits per heavy atom. The van der Waals surface area contributed by atoms with Crippen molar-refractivity contribution in [2.75, 3.05) is 82.0 Å². The predicted molar refractivity (Wildman–Crippen MR) is 168 cm³/mol. The summed E-state index contributed by atoms with van der Waals surface area (Å²) in [6, 6.07) is 10.4. The third kappa shape index (κ3) is 8.21. The first-order chi connectivity index (χ1) is 20.7. The SMILES string of the molecule is COc1cc(C2CCN(S(C)(=O)=O)CC2)ccc1Nc1ncc(C(F)(F)F)c(Nc2ccc(N(C)CCN(C)C)c(N)c2)n1. The lowest BCUT2D eigenvalue weighted by atomic mass is 9.90. The molecule has 3 aromatic rings. The number of anilines is 6. The third-order valence-corrected chi connectivity index (χ3v) is 8.85. The van der Waals surface area contributed by atoms with E-state index in [1.807, 2.05) is 43.1 Å². The average Bonchev–Trinajstić information content (AvgIpc) is 2.95. The largest absolute Gasteiger partial charge is 0.495 e. The Labute approximate surface area is 256 Å². The molecule has 0 aliphatic carbocycles. The van der Waals surface area contributed by atoms with Gasteiger partial charge in [-0.2, -0.15) is 18.2 Å². The molecule has 0 saturated carbocycles. The van der Waals surface area contributed by atoms with Gasteiger partial charge in [0.05, 0.1) is 30.4 Å². The fourth-order valence-corrected chi connectivity index (χ4v) is 5.91. The third-order valence-electron chi connectivity index (χ3n) is 7.54. The smallest absolute Gasteiger partial charge is 0.421 e. The summed E-state index contributed by atoms with van der Waals surface area (Å²) in [7, 11) is 4.08. The summed E-state index contributed by atoms with van der Waals surface area (Å²) in [6.45, 7) is 2.39. The van der Waals surface area contributed by atoms with Crippen molar-refractivity contribution in [3.05, 3.63) is 53.7 Å². The number of piperidine rings is 1. The molecule has 1 aliphatic heterocycles. The highest BCUT2D eigenvalue weighted by atomic mass is 32.2. The molecule has 0 radical (unpaired) electrons. The van der Waals surface area contributed by atoms with Crippen LogP contribution in [-0.2, 0) is 16.2 Å². The van der Waals surface area contributed by atoms with Gasteiger partial charge in [-0.25, -0.2) is 17.7 Å². The van der Waals surface area contributed by atoms with Crippen LogP contribution in [-0.4, -0.2) is 88.3 Å². The fourth-order valence-electron chi connectivity index (χ4n) is 5.04. The molecular weight excluding hydrogens is 597 g/mol. The van der Waals surface area contributed by atoms with Gasteiger partial charge in [0.15, 0.2) is 0 Å². The van der Waals surface area contributed by atoms with E-state index in [9.17, 15) is 21.6 Å². The quantitative estimate of drug-likeness (QED) is 0.255. The Hall–Kier alpha value is -3.82. The van der Waals surface area contributed by atoms with Crippen LogP contribution in [0, 0.1) is 0 Å². The van der Waals surface area contributed by atoms with Crippen LogP contribution in [0.25, 0.3) is 0 Å². The summed E-state index contributed by atoms with van der Waals surface area (Å²) in [5.41, 5.74) is 8.17. The average molecular weight is 637 g/mol. The van der Waals surface area contributed by atoms with E-state index in [2.05, 4.69) is 20.6 Å². The number of halogens is 3. The lowest BCUT2D eigenvalue weighted by Crippen LogP contribution is -2.37. The number of hydrogen-bond donors (Lipinski definition) is 3. The molecule has 44 heavy (non-hydrogen) atoms. The predicted octanol–water partition coefficient (Wildman–Crippen LogP) is 4.71. The molecule has 0 amide bonds. The van der Waals surface area contributed by atoms with E-state index >= 15 is 0 Å². The highest BCUT2D eigenvalue weighted by Crippen LogP contribution is 2.38. The summed E-state index contributed by atoms with van der Waals surface area (Å²) in [6.07, 6.45) is -1.44. The molecule has 0 spiro atoms. The maximum atomic E-state index is 13.9. The number of nitrogens with zero attached hydrogens (tertiary/aromatic N) is 5. The lowest BCUT2D eigenvalue weighted by molar-refractivity contribution is -0.137. The Morgan fingerprint density at radius 1 is 1.07 bits per heavy atom. The number of methoxy groups -OCH3 is 1. The Bertz CT molecular complexity index is 1560. The van der Waals surface area contributed by atoms with Crippen molar-refractivity contribution >= 4 is 44.5 Å². The number of likely N-dealkylation sites (N-methyl/N-ethyl adjacent to an activating group) is 2. The summed E-state index contributed by atoms with van der Waals surface area (Å²) >= 11 is 0. The summed E-state index contributed by atoms with van der Waals surface area (Å²) in [4.78, 5) is 12.1. The molecule has 2 aromatic carbocycles. The maximum absolute atomic E-state index is 13.9. The van der Waals surface area contributed by atoms with Crippen molar-refractivity contribution in [1.29, 1.82) is 0 Å². The highest BCUT2D eigenvalue weighted by molar-refractivity contribution is 7.88. The van der Waals surface area contributed by atoms with Gasteiger partial charge in [-0.15, -0.1) is 0 Å². The molecule has 1 fully saturated rings. The van der Waals surface area contributed by atoms with Gasteiger partial charge in [-0.1, -0.05) is 6.07 Å². The second kappa shape index (κ2) is 13.4. The minimum atomic E-state index is -4.70. The van der Waals surface area contributed by atoms with Crippen LogP contribution in [0.3, 0.4) is 0 Å². The Morgan fingerprint density at radius 3 is 2.36 bits per heavy atom. The summed E-state index contributed by atoms with van der Waals surface area (Å²) in [5.74, 6) is 0.0887. The Balaban J connectivity index is 1.54. The van der Waals surface area contributed by atoms with Gasteiger partial charge in [0.2, 0.25) is 16.0 Å². The van der Waals surface area contributed by atoms with E-state index in [0.29, 0.717) is 48.7 Å². The number of ether oxygens (including phenoxy) is 1. The van der Waals surface area contributed by atoms with Crippen LogP contribution in [0.4, 0.5) is 47.7 Å². The molecule has 11 nitrogen and oxygen atoms in total. The van der Waals surface area contributed by atoms with Crippen molar-refractivity contribution in [2.24, 2.45) is 0 Å². The summed E-state index contributed by atoms with van der Waals surface area (Å²) < 4.78 is 72.5. The molecule has 4 rings (SSSR count). The first-order valence-corrected chi connectivity index (χ1v) is 15.9. The first kappa shape index (κ1) is 33.1. The van der Waals surface area contributed by atoms with Crippen molar-refractivity contribution in [1.82, 2.24) is 19.2 Å². The van der Waals surface area contributed by atoms with Crippen molar-refractivity contribution in [3.8, 4) is 5.75 Å². The number of alkyl halides is 3. The minimum absolute atomic E-state index is 0.0685. The minimum Gasteiger partial charge on any atom is -0.495 e. The second-order valence-corrected chi connectivity index (χ2v) is 13.1. The van der Waals surface area contributed by atoms with Gasteiger partial charge in [-0.05, 0) is 68.8 Å². The topological polar surface area (TPSA) is 129 Å². The maximum Gasteiger partial charge on any atom is 0.421 e. The van der Waals surface area contributed by atoms with Gasteiger partial charge in [-0.3, -0.25) is 0 Å². The van der Waals surface area contributed by atoms with E-state index in [-0.39, 0.29) is 11.9 Å². The van der Waals surface area contributed by atoms with Gasteiger partial charge >= 0.3 is 6.18 Å². The van der Waals surface area contributed by atoms with E-state index in [0.717, 1.165) is 30.5 Å². The van der Waals surface area contributed by atoms with Crippen LogP contribution in [0.15, 0.2) is 42.6 Å². The van der Waals surface area contributed by atoms with Gasteiger partial charge in [0, 0.05) is 45.1 Å². The molecule has 2 heterocycles. The van der Waals surface area contributed by atoms with Crippen LogP contribution >= 0.6 is 0 Å². The zero-order valence-electron chi connectivity index (χ0n) is 25.4. The zero-order chi connectivity index (χ0) is 32.2. The van der Waals surface area contributed by atoms with Crippen LogP contribution < -0.4 is 26.0 Å². The number of hydrogen-bond acceptors (Lipinski definition) is 10. The molecule has 0 atom stereocenters. The molecule has 15 heteroatoms. The molecular formula is C29H39F3N8O3S. The second-order valence-electron chi connectivity index (χ2n) is 11.1. The van der Waals surface area contributed by atoms with Gasteiger partial charge in [0.1, 0.15) is 17.1 Å². The summed E-state index contributed by atoms with van der Waals surface area (Å²) in [5, 5.41) is 5.73. The number of aromatic nitrogens is 2. The van der Waals surface area contributed by atoms with E-state index in [4.69, 9.17) is 10.5 Å². The molecule has 1 aliphatic rings. The Kier molecular flexibility index (Phi) is 10.1. The van der Waals surface area contributed by atoms with Crippen molar-refractivity contribution < 1.29 is 26.3 Å². The van der Waals surface area contributed by atoms with E-state index in [1.54, 1.807) is 24.3 Å². The van der Waals surface area contributed by atoms with Crippen LogP contribution in [0.2, 0.25) is 0 Å². The molecule has 4 N–H and O–H groups in total. The van der Waals surface area contributed by atoms with E-state index in [1.165, 1.54) is 17.7 Å². The van der Waals surface area contributed by atoms with E-state index < -0.39 is 27.6 Å². The molecule has 0 bridgehead atoms. The molecule has 1 saturated heterocycles.